The Morgan fingerprint density at radius 2 is 1.90 bits per heavy atom. The van der Waals surface area contributed by atoms with Gasteiger partial charge in [-0.15, -0.1) is 0 Å². The second kappa shape index (κ2) is 6.96. The number of hydrogen-bond donors (Lipinski definition) is 0. The lowest BCUT2D eigenvalue weighted by atomic mass is 10.0. The molecule has 0 N–H and O–H groups in total. The van der Waals surface area contributed by atoms with Crippen molar-refractivity contribution in [2.45, 2.75) is 18.4 Å². The first-order chi connectivity index (χ1) is 14.4. The van der Waals surface area contributed by atoms with E-state index in [-0.39, 0.29) is 11.7 Å². The zero-order chi connectivity index (χ0) is 20.9. The van der Waals surface area contributed by atoms with Crippen LogP contribution in [0.25, 0.3) is 10.9 Å². The maximum absolute atomic E-state index is 12.7. The minimum absolute atomic E-state index is 0.0125. The molecule has 0 spiro atoms. The standard InChI is InChI=1S/C22H21N5O2S/c1-15-6-7-19-18(10-15)21(27-12-16(11-23)13-27)25-22(24-19)26-8-9-30(28,29)20-5-3-2-4-17(20)14-26/h2-7,10,16H,8-9,12-14H2,1H3. The van der Waals surface area contributed by atoms with Crippen LogP contribution in [0.15, 0.2) is 47.4 Å². The highest BCUT2D eigenvalue weighted by Gasteiger charge is 2.31. The van der Waals surface area contributed by atoms with Crippen LogP contribution in [-0.4, -0.2) is 43.8 Å². The van der Waals surface area contributed by atoms with Crippen LogP contribution < -0.4 is 9.80 Å². The van der Waals surface area contributed by atoms with E-state index in [1.807, 2.05) is 36.1 Å². The van der Waals surface area contributed by atoms with E-state index in [0.717, 1.165) is 27.8 Å². The first-order valence-corrected chi connectivity index (χ1v) is 11.6. The first-order valence-electron chi connectivity index (χ1n) is 9.93. The Labute approximate surface area is 175 Å². The molecule has 0 aliphatic carbocycles. The van der Waals surface area contributed by atoms with E-state index >= 15 is 0 Å². The molecule has 152 valence electrons. The molecule has 0 radical (unpaired) electrons. The third-order valence-corrected chi connectivity index (χ3v) is 7.55. The van der Waals surface area contributed by atoms with Crippen LogP contribution in [0.4, 0.5) is 11.8 Å². The molecule has 7 nitrogen and oxygen atoms in total. The van der Waals surface area contributed by atoms with Gasteiger partial charge in [0, 0.05) is 31.6 Å². The fraction of sp³-hybridized carbons (Fsp3) is 0.318. The second-order valence-electron chi connectivity index (χ2n) is 7.95. The predicted octanol–water partition coefficient (Wildman–Crippen LogP) is 2.69. The van der Waals surface area contributed by atoms with Crippen LogP contribution in [0.3, 0.4) is 0 Å². The van der Waals surface area contributed by atoms with Gasteiger partial charge in [-0.25, -0.2) is 13.4 Å². The van der Waals surface area contributed by atoms with Crippen molar-refractivity contribution in [1.82, 2.24) is 9.97 Å². The maximum atomic E-state index is 12.7. The quantitative estimate of drug-likeness (QED) is 0.631. The molecule has 2 aliphatic heterocycles. The molecule has 1 fully saturated rings. The monoisotopic (exact) mass is 419 g/mol. The Morgan fingerprint density at radius 1 is 1.10 bits per heavy atom. The molecule has 2 aromatic carbocycles. The van der Waals surface area contributed by atoms with Crippen molar-refractivity contribution < 1.29 is 8.42 Å². The van der Waals surface area contributed by atoms with Crippen LogP contribution in [0.1, 0.15) is 11.1 Å². The Hall–Kier alpha value is -3.18. The van der Waals surface area contributed by atoms with E-state index in [2.05, 4.69) is 17.0 Å². The zero-order valence-corrected chi connectivity index (χ0v) is 17.4. The molecule has 2 aliphatic rings. The van der Waals surface area contributed by atoms with Gasteiger partial charge in [0.25, 0.3) is 0 Å². The maximum Gasteiger partial charge on any atom is 0.228 e. The molecule has 0 atom stereocenters. The lowest BCUT2D eigenvalue weighted by molar-refractivity contribution is 0.501. The number of nitrogens with zero attached hydrogens (tertiary/aromatic N) is 5. The Bertz CT molecular complexity index is 1290. The van der Waals surface area contributed by atoms with Crippen molar-refractivity contribution >= 4 is 32.5 Å². The van der Waals surface area contributed by atoms with Gasteiger partial charge in [-0.2, -0.15) is 10.2 Å². The van der Waals surface area contributed by atoms with E-state index < -0.39 is 9.84 Å². The summed E-state index contributed by atoms with van der Waals surface area (Å²) in [5.41, 5.74) is 2.70. The highest BCUT2D eigenvalue weighted by molar-refractivity contribution is 7.91. The molecule has 0 unspecified atom stereocenters. The topological polar surface area (TPSA) is 90.2 Å². The number of sulfone groups is 1. The highest BCUT2D eigenvalue weighted by atomic mass is 32.2. The molecule has 3 aromatic rings. The number of nitriles is 1. The molecule has 8 heteroatoms. The number of aryl methyl sites for hydroxylation is 1. The molecule has 0 saturated carbocycles. The van der Waals surface area contributed by atoms with E-state index in [0.29, 0.717) is 37.0 Å². The molecule has 1 saturated heterocycles. The first kappa shape index (κ1) is 18.8. The molecule has 30 heavy (non-hydrogen) atoms. The molecule has 3 heterocycles. The number of hydrogen-bond acceptors (Lipinski definition) is 7. The predicted molar refractivity (Wildman–Crippen MR) is 115 cm³/mol. The lowest BCUT2D eigenvalue weighted by Gasteiger charge is -2.37. The van der Waals surface area contributed by atoms with Crippen LogP contribution in [-0.2, 0) is 16.4 Å². The summed E-state index contributed by atoms with van der Waals surface area (Å²) in [6.45, 7) is 4.09. The third-order valence-electron chi connectivity index (χ3n) is 5.76. The van der Waals surface area contributed by atoms with Crippen molar-refractivity contribution in [3.8, 4) is 6.07 Å². The summed E-state index contributed by atoms with van der Waals surface area (Å²) in [6, 6.07) is 15.5. The average molecular weight is 420 g/mol. The Morgan fingerprint density at radius 3 is 2.70 bits per heavy atom. The van der Waals surface area contributed by atoms with E-state index in [9.17, 15) is 8.42 Å². The van der Waals surface area contributed by atoms with Gasteiger partial charge in [0.1, 0.15) is 5.82 Å². The molecular weight excluding hydrogens is 398 g/mol. The fourth-order valence-electron chi connectivity index (χ4n) is 4.06. The van der Waals surface area contributed by atoms with Gasteiger partial charge < -0.3 is 9.80 Å². The molecule has 1 aromatic heterocycles. The van der Waals surface area contributed by atoms with Gasteiger partial charge in [0.15, 0.2) is 9.84 Å². The van der Waals surface area contributed by atoms with Gasteiger partial charge in [-0.1, -0.05) is 29.8 Å². The third kappa shape index (κ3) is 3.15. The number of fused-ring (bicyclic) bond motifs is 2. The summed E-state index contributed by atoms with van der Waals surface area (Å²) in [6.07, 6.45) is 0. The van der Waals surface area contributed by atoms with Crippen molar-refractivity contribution in [1.29, 1.82) is 5.26 Å². The van der Waals surface area contributed by atoms with Crippen molar-refractivity contribution in [2.24, 2.45) is 5.92 Å². The summed E-state index contributed by atoms with van der Waals surface area (Å²) in [5, 5.41) is 10.1. The summed E-state index contributed by atoms with van der Waals surface area (Å²) in [4.78, 5) is 14.1. The number of anilines is 2. The van der Waals surface area contributed by atoms with Crippen molar-refractivity contribution in [3.63, 3.8) is 0 Å². The van der Waals surface area contributed by atoms with Gasteiger partial charge in [0.05, 0.1) is 28.2 Å². The Balaban J connectivity index is 1.60. The summed E-state index contributed by atoms with van der Waals surface area (Å²) in [7, 11) is -3.34. The van der Waals surface area contributed by atoms with Crippen molar-refractivity contribution in [3.05, 3.63) is 53.6 Å². The van der Waals surface area contributed by atoms with Gasteiger partial charge in [0.2, 0.25) is 5.95 Å². The van der Waals surface area contributed by atoms with E-state index in [4.69, 9.17) is 15.2 Å². The molecule has 0 amide bonds. The van der Waals surface area contributed by atoms with Crippen molar-refractivity contribution in [2.75, 3.05) is 35.2 Å². The minimum Gasteiger partial charge on any atom is -0.353 e. The fourth-order valence-corrected chi connectivity index (χ4v) is 5.56. The zero-order valence-electron chi connectivity index (χ0n) is 16.6. The average Bonchev–Trinajstić information content (AvgIpc) is 2.83. The van der Waals surface area contributed by atoms with E-state index in [1.54, 1.807) is 12.1 Å². The summed E-state index contributed by atoms with van der Waals surface area (Å²) < 4.78 is 25.4. The van der Waals surface area contributed by atoms with Gasteiger partial charge in [-0.05, 0) is 30.7 Å². The Kier molecular flexibility index (Phi) is 4.36. The summed E-state index contributed by atoms with van der Waals surface area (Å²) >= 11 is 0. The molecule has 0 bridgehead atoms. The molecule has 5 rings (SSSR count). The van der Waals surface area contributed by atoms with E-state index in [1.165, 1.54) is 0 Å². The largest absolute Gasteiger partial charge is 0.353 e. The van der Waals surface area contributed by atoms with Gasteiger partial charge in [-0.3, -0.25) is 0 Å². The van der Waals surface area contributed by atoms with Crippen LogP contribution in [0.2, 0.25) is 0 Å². The number of rotatable bonds is 2. The van der Waals surface area contributed by atoms with Crippen LogP contribution in [0, 0.1) is 24.2 Å². The number of benzene rings is 2. The van der Waals surface area contributed by atoms with Gasteiger partial charge >= 0.3 is 0 Å². The summed E-state index contributed by atoms with van der Waals surface area (Å²) in [5.74, 6) is 1.37. The smallest absolute Gasteiger partial charge is 0.228 e. The SMILES string of the molecule is Cc1ccc2nc(N3CCS(=O)(=O)c4ccccc4C3)nc(N3CC(C#N)C3)c2c1. The number of aromatic nitrogens is 2. The second-order valence-corrected chi connectivity index (χ2v) is 10.0. The van der Waals surface area contributed by atoms with Crippen LogP contribution >= 0.6 is 0 Å². The highest BCUT2D eigenvalue weighted by Crippen LogP contribution is 2.33. The normalized spacial score (nSPS) is 18.4. The lowest BCUT2D eigenvalue weighted by Crippen LogP contribution is -2.46. The minimum atomic E-state index is -3.34. The van der Waals surface area contributed by atoms with Crippen LogP contribution in [0.5, 0.6) is 0 Å². The molecular formula is C22H21N5O2S.